The standard InChI is InChI=1S/C26H52NO13/c1-3-34-18-37-13-21-23(32)15-39-25(21)26(22(24(33)16-40-26)14-38-19-35-4-2)17-36-12-20(31)11-27(5-8-28,6-9-29)7-10-30/h20-25,28-33H,3-19H2,1-2H3/q+1. The van der Waals surface area contributed by atoms with Gasteiger partial charge in [0.15, 0.2) is 0 Å². The van der Waals surface area contributed by atoms with Gasteiger partial charge in [-0.1, -0.05) is 0 Å². The first-order valence-electron chi connectivity index (χ1n) is 14.2. The molecule has 6 N–H and O–H groups in total. The van der Waals surface area contributed by atoms with Crippen LogP contribution < -0.4 is 0 Å². The summed E-state index contributed by atoms with van der Waals surface area (Å²) in [4.78, 5) is 0. The summed E-state index contributed by atoms with van der Waals surface area (Å²) in [5.74, 6) is -1.10. The summed E-state index contributed by atoms with van der Waals surface area (Å²) in [5, 5.41) is 61.1. The minimum atomic E-state index is -1.23. The molecule has 2 saturated heterocycles. The van der Waals surface area contributed by atoms with Crippen molar-refractivity contribution in [2.45, 2.75) is 43.9 Å². The lowest BCUT2D eigenvalue weighted by Gasteiger charge is -2.42. The van der Waals surface area contributed by atoms with E-state index in [-0.39, 0.29) is 104 Å². The second kappa shape index (κ2) is 18.9. The van der Waals surface area contributed by atoms with Crippen molar-refractivity contribution in [1.29, 1.82) is 0 Å². The first-order chi connectivity index (χ1) is 19.3. The molecule has 0 aliphatic carbocycles. The quantitative estimate of drug-likeness (QED) is 0.0413. The van der Waals surface area contributed by atoms with Crippen molar-refractivity contribution in [2.75, 3.05) is 112 Å². The molecule has 2 rings (SSSR count). The molecule has 40 heavy (non-hydrogen) atoms. The summed E-state index contributed by atoms with van der Waals surface area (Å²) in [5.41, 5.74) is -1.23. The van der Waals surface area contributed by atoms with Crippen molar-refractivity contribution in [3.05, 3.63) is 0 Å². The number of nitrogens with zero attached hydrogens (tertiary/aromatic N) is 1. The van der Waals surface area contributed by atoms with Crippen LogP contribution in [0.4, 0.5) is 0 Å². The van der Waals surface area contributed by atoms with Gasteiger partial charge in [0, 0.05) is 25.0 Å². The Morgan fingerprint density at radius 1 is 0.825 bits per heavy atom. The zero-order valence-electron chi connectivity index (χ0n) is 24.0. The molecule has 7 atom stereocenters. The van der Waals surface area contributed by atoms with E-state index >= 15 is 0 Å². The van der Waals surface area contributed by atoms with E-state index in [9.17, 15) is 30.6 Å². The number of hydrogen-bond acceptors (Lipinski definition) is 13. The van der Waals surface area contributed by atoms with Crippen molar-refractivity contribution in [1.82, 2.24) is 0 Å². The lowest BCUT2D eigenvalue weighted by atomic mass is 9.77. The van der Waals surface area contributed by atoms with Crippen molar-refractivity contribution in [2.24, 2.45) is 11.8 Å². The summed E-state index contributed by atoms with van der Waals surface area (Å²) in [7, 11) is 0. The number of rotatable bonds is 23. The molecule has 14 heteroatoms. The van der Waals surface area contributed by atoms with E-state index in [4.69, 9.17) is 33.2 Å². The molecular formula is C26H52NO13+. The van der Waals surface area contributed by atoms with Crippen molar-refractivity contribution in [3.63, 3.8) is 0 Å². The first-order valence-corrected chi connectivity index (χ1v) is 14.2. The van der Waals surface area contributed by atoms with Gasteiger partial charge >= 0.3 is 0 Å². The fraction of sp³-hybridized carbons (Fsp3) is 1.00. The Morgan fingerprint density at radius 2 is 1.43 bits per heavy atom. The van der Waals surface area contributed by atoms with Crippen molar-refractivity contribution < 1.29 is 68.3 Å². The molecule has 14 nitrogen and oxygen atoms in total. The first kappa shape index (κ1) is 35.6. The number of hydrogen-bond donors (Lipinski definition) is 6. The molecular weight excluding hydrogens is 534 g/mol. The summed E-state index contributed by atoms with van der Waals surface area (Å²) >= 11 is 0. The number of aliphatic hydroxyl groups excluding tert-OH is 6. The van der Waals surface area contributed by atoms with E-state index in [1.54, 1.807) is 0 Å². The average Bonchev–Trinajstić information content (AvgIpc) is 3.44. The molecule has 7 unspecified atom stereocenters. The van der Waals surface area contributed by atoms with E-state index in [2.05, 4.69) is 0 Å². The van der Waals surface area contributed by atoms with E-state index in [0.717, 1.165) is 0 Å². The smallest absolute Gasteiger partial charge is 0.146 e. The van der Waals surface area contributed by atoms with Gasteiger partial charge in [-0.2, -0.15) is 0 Å². The third-order valence-corrected chi connectivity index (χ3v) is 7.73. The molecule has 0 spiro atoms. The Balaban J connectivity index is 2.18. The van der Waals surface area contributed by atoms with Crippen molar-refractivity contribution in [3.8, 4) is 0 Å². The molecule has 0 aromatic heterocycles. The lowest BCUT2D eigenvalue weighted by molar-refractivity contribution is -0.931. The second-order valence-electron chi connectivity index (χ2n) is 10.4. The number of quaternary nitrogens is 1. The Bertz CT molecular complexity index is 645. The molecule has 2 heterocycles. The molecule has 0 radical (unpaired) electrons. The molecule has 0 aromatic rings. The highest BCUT2D eigenvalue weighted by atomic mass is 16.7. The third kappa shape index (κ3) is 10.0. The van der Waals surface area contributed by atoms with Gasteiger partial charge in [0.1, 0.15) is 51.5 Å². The van der Waals surface area contributed by atoms with Crippen molar-refractivity contribution >= 4 is 0 Å². The van der Waals surface area contributed by atoms with Crippen LogP contribution >= 0.6 is 0 Å². The molecule has 2 fully saturated rings. The monoisotopic (exact) mass is 586 g/mol. The van der Waals surface area contributed by atoms with Gasteiger partial charge in [-0.05, 0) is 13.8 Å². The fourth-order valence-corrected chi connectivity index (χ4v) is 5.66. The normalized spacial score (nSPS) is 29.9. The van der Waals surface area contributed by atoms with Crippen LogP contribution in [0.1, 0.15) is 13.8 Å². The van der Waals surface area contributed by atoms with Gasteiger partial charge in [0.05, 0.1) is 77.8 Å². The molecule has 0 amide bonds. The lowest BCUT2D eigenvalue weighted by Crippen LogP contribution is -2.58. The predicted octanol–water partition coefficient (Wildman–Crippen LogP) is -2.70. The van der Waals surface area contributed by atoms with Gasteiger partial charge < -0.3 is 68.3 Å². The Morgan fingerprint density at radius 3 is 2.00 bits per heavy atom. The number of ether oxygens (including phenoxy) is 7. The maximum absolute atomic E-state index is 10.9. The van der Waals surface area contributed by atoms with Crippen LogP contribution in [-0.4, -0.2) is 178 Å². The summed E-state index contributed by atoms with van der Waals surface area (Å²) in [6.45, 7) is 5.22. The van der Waals surface area contributed by atoms with E-state index in [1.165, 1.54) is 0 Å². The van der Waals surface area contributed by atoms with Gasteiger partial charge in [0.2, 0.25) is 0 Å². The van der Waals surface area contributed by atoms with Crippen LogP contribution in [0.5, 0.6) is 0 Å². The third-order valence-electron chi connectivity index (χ3n) is 7.73. The highest BCUT2D eigenvalue weighted by Gasteiger charge is 2.60. The van der Waals surface area contributed by atoms with Gasteiger partial charge in [-0.3, -0.25) is 0 Å². The minimum absolute atomic E-state index is 0.000549. The van der Waals surface area contributed by atoms with E-state index in [0.29, 0.717) is 13.2 Å². The van der Waals surface area contributed by atoms with Gasteiger partial charge in [-0.25, -0.2) is 0 Å². The molecule has 2 aliphatic heterocycles. The van der Waals surface area contributed by atoms with Crippen LogP contribution in [0.15, 0.2) is 0 Å². The Labute approximate surface area is 236 Å². The molecule has 0 aromatic carbocycles. The maximum Gasteiger partial charge on any atom is 0.146 e. The van der Waals surface area contributed by atoms with Crippen LogP contribution in [-0.2, 0) is 33.2 Å². The summed E-state index contributed by atoms with van der Waals surface area (Å²) in [6.07, 6.45) is -3.44. The summed E-state index contributed by atoms with van der Waals surface area (Å²) in [6, 6.07) is 0. The van der Waals surface area contributed by atoms with Crippen LogP contribution in [0.2, 0.25) is 0 Å². The van der Waals surface area contributed by atoms with Gasteiger partial charge in [-0.15, -0.1) is 0 Å². The number of aliphatic hydroxyl groups is 6. The van der Waals surface area contributed by atoms with E-state index < -0.39 is 41.9 Å². The summed E-state index contributed by atoms with van der Waals surface area (Å²) < 4.78 is 40.2. The average molecular weight is 587 g/mol. The molecule has 238 valence electrons. The molecule has 0 saturated carbocycles. The van der Waals surface area contributed by atoms with Crippen LogP contribution in [0.25, 0.3) is 0 Å². The van der Waals surface area contributed by atoms with Crippen LogP contribution in [0.3, 0.4) is 0 Å². The Hall–Kier alpha value is -0.560. The SMILES string of the molecule is CCOCOCC1C(O)COC1C1(COCC(O)C[N+](CCO)(CCO)CCO)OCC(O)C1COCOCC. The topological polar surface area (TPSA) is 186 Å². The van der Waals surface area contributed by atoms with Gasteiger partial charge in [0.25, 0.3) is 0 Å². The second-order valence-corrected chi connectivity index (χ2v) is 10.4. The zero-order chi connectivity index (χ0) is 29.4. The minimum Gasteiger partial charge on any atom is -0.391 e. The zero-order valence-corrected chi connectivity index (χ0v) is 24.0. The molecule has 0 bridgehead atoms. The Kier molecular flexibility index (Phi) is 16.8. The molecule has 2 aliphatic rings. The highest BCUT2D eigenvalue weighted by molar-refractivity contribution is 5.07. The fourth-order valence-electron chi connectivity index (χ4n) is 5.66. The predicted molar refractivity (Wildman–Crippen MR) is 140 cm³/mol. The largest absolute Gasteiger partial charge is 0.391 e. The maximum atomic E-state index is 10.9. The van der Waals surface area contributed by atoms with Crippen LogP contribution in [0, 0.1) is 11.8 Å². The highest BCUT2D eigenvalue weighted by Crippen LogP contribution is 2.43. The van der Waals surface area contributed by atoms with E-state index in [1.807, 2.05) is 13.8 Å².